The molecule has 4 aromatic carbocycles. The number of amides is 4. The number of hydrogen-bond acceptors (Lipinski definition) is 4. The molecule has 4 amide bonds. The normalized spacial score (nSPS) is 15.7. The maximum atomic E-state index is 13.7. The molecule has 0 saturated heterocycles. The number of nitrogens with zero attached hydrogens (tertiary/aromatic N) is 4. The summed E-state index contributed by atoms with van der Waals surface area (Å²) in [6.07, 6.45) is 4.17. The quantitative estimate of drug-likeness (QED) is 0.162. The summed E-state index contributed by atoms with van der Waals surface area (Å²) in [6.45, 7) is 2.41. The summed E-state index contributed by atoms with van der Waals surface area (Å²) in [5.74, 6) is 0.684. The zero-order valence-electron chi connectivity index (χ0n) is 28.8. The van der Waals surface area contributed by atoms with Crippen molar-refractivity contribution >= 4 is 34.8 Å². The van der Waals surface area contributed by atoms with Crippen LogP contribution in [0.25, 0.3) is 0 Å². The SMILES string of the molecule is CN(C)c1ccc(NC(=O)N(Cc2ccccc2)C[C@H]2CCC[C@H](CN(Cc3ccccc3)C(=O)Nc3ccc(N(C)C)cc3)C2)cc1. The highest BCUT2D eigenvalue weighted by molar-refractivity contribution is 5.90. The third-order valence-electron chi connectivity index (χ3n) is 9.13. The lowest BCUT2D eigenvalue weighted by Crippen LogP contribution is -2.42. The maximum Gasteiger partial charge on any atom is 0.322 e. The highest BCUT2D eigenvalue weighted by Gasteiger charge is 2.29. The van der Waals surface area contributed by atoms with E-state index in [1.54, 1.807) is 0 Å². The third-order valence-corrected chi connectivity index (χ3v) is 9.13. The van der Waals surface area contributed by atoms with Gasteiger partial charge in [0.1, 0.15) is 0 Å². The molecule has 8 heteroatoms. The van der Waals surface area contributed by atoms with Crippen molar-refractivity contribution < 1.29 is 9.59 Å². The van der Waals surface area contributed by atoms with E-state index in [-0.39, 0.29) is 12.1 Å². The molecule has 0 unspecified atom stereocenters. The predicted molar refractivity (Wildman–Crippen MR) is 199 cm³/mol. The van der Waals surface area contributed by atoms with Crippen LogP contribution in [-0.2, 0) is 13.1 Å². The highest BCUT2D eigenvalue weighted by atomic mass is 16.2. The Morgan fingerprint density at radius 3 is 1.29 bits per heavy atom. The lowest BCUT2D eigenvalue weighted by molar-refractivity contribution is 0.151. The summed E-state index contributed by atoms with van der Waals surface area (Å²) in [5, 5.41) is 6.28. The van der Waals surface area contributed by atoms with E-state index >= 15 is 0 Å². The number of carbonyl (C=O) groups is 2. The number of benzene rings is 4. The molecule has 2 atom stereocenters. The van der Waals surface area contributed by atoms with Crippen LogP contribution in [0.5, 0.6) is 0 Å². The summed E-state index contributed by atoms with van der Waals surface area (Å²) in [6, 6.07) is 36.0. The Morgan fingerprint density at radius 2 is 0.938 bits per heavy atom. The summed E-state index contributed by atoms with van der Waals surface area (Å²) >= 11 is 0. The molecule has 1 aliphatic rings. The molecule has 0 aliphatic heterocycles. The van der Waals surface area contributed by atoms with Crippen LogP contribution in [0.1, 0.15) is 36.8 Å². The molecular formula is C40H50N6O2. The molecule has 2 N–H and O–H groups in total. The average Bonchev–Trinajstić information content (AvgIpc) is 3.09. The van der Waals surface area contributed by atoms with Gasteiger partial charge in [0.15, 0.2) is 0 Å². The van der Waals surface area contributed by atoms with E-state index in [9.17, 15) is 9.59 Å². The average molecular weight is 647 g/mol. The molecule has 4 aromatic rings. The molecule has 252 valence electrons. The van der Waals surface area contributed by atoms with E-state index in [2.05, 4.69) is 34.9 Å². The maximum absolute atomic E-state index is 13.7. The standard InChI is InChI=1S/C40H50N6O2/c1-43(2)37-22-18-35(19-23-37)41-39(47)45(27-31-12-7-5-8-13-31)29-33-16-11-17-34(26-33)30-46(28-32-14-9-6-10-15-32)40(48)42-36-20-24-38(25-21-36)44(3)4/h5-10,12-15,18-25,33-34H,11,16-17,26-30H2,1-4H3,(H,41,47)(H,42,48)/t33-,34-/m0/s1. The molecule has 0 heterocycles. The summed E-state index contributed by atoms with van der Waals surface area (Å²) < 4.78 is 0. The Morgan fingerprint density at radius 1 is 0.562 bits per heavy atom. The van der Waals surface area contributed by atoms with Gasteiger partial charge in [-0.05, 0) is 90.8 Å². The first kappa shape index (κ1) is 34.4. The smallest absolute Gasteiger partial charge is 0.322 e. The largest absolute Gasteiger partial charge is 0.378 e. The summed E-state index contributed by atoms with van der Waals surface area (Å²) in [7, 11) is 8.02. The van der Waals surface area contributed by atoms with Crippen molar-refractivity contribution in [3.63, 3.8) is 0 Å². The van der Waals surface area contributed by atoms with Gasteiger partial charge in [0, 0.05) is 77.1 Å². The van der Waals surface area contributed by atoms with Gasteiger partial charge in [-0.3, -0.25) is 0 Å². The summed E-state index contributed by atoms with van der Waals surface area (Å²) in [5.41, 5.74) is 5.94. The minimum absolute atomic E-state index is 0.0936. The fourth-order valence-electron chi connectivity index (χ4n) is 6.49. The molecule has 0 bridgehead atoms. The minimum Gasteiger partial charge on any atom is -0.378 e. The highest BCUT2D eigenvalue weighted by Crippen LogP contribution is 2.32. The van der Waals surface area contributed by atoms with Crippen LogP contribution in [0.2, 0.25) is 0 Å². The molecule has 0 spiro atoms. The van der Waals surface area contributed by atoms with Gasteiger partial charge in [0.25, 0.3) is 0 Å². The Kier molecular flexibility index (Phi) is 12.0. The number of rotatable bonds is 12. The molecule has 1 saturated carbocycles. The number of carbonyl (C=O) groups excluding carboxylic acids is 2. The second-order valence-corrected chi connectivity index (χ2v) is 13.4. The Hall–Kier alpha value is -4.98. The fourth-order valence-corrected chi connectivity index (χ4v) is 6.49. The van der Waals surface area contributed by atoms with Gasteiger partial charge in [0.05, 0.1) is 0 Å². The van der Waals surface area contributed by atoms with Crippen molar-refractivity contribution in [3.05, 3.63) is 120 Å². The van der Waals surface area contributed by atoms with Gasteiger partial charge >= 0.3 is 12.1 Å². The van der Waals surface area contributed by atoms with E-state index in [0.717, 1.165) is 59.6 Å². The predicted octanol–water partition coefficient (Wildman–Crippen LogP) is 8.39. The van der Waals surface area contributed by atoms with Gasteiger partial charge in [0.2, 0.25) is 0 Å². The van der Waals surface area contributed by atoms with Crippen LogP contribution in [0.3, 0.4) is 0 Å². The van der Waals surface area contributed by atoms with Gasteiger partial charge in [-0.2, -0.15) is 0 Å². The van der Waals surface area contributed by atoms with Crippen molar-refractivity contribution in [3.8, 4) is 0 Å². The second-order valence-electron chi connectivity index (χ2n) is 13.4. The van der Waals surface area contributed by atoms with E-state index < -0.39 is 0 Å². The Balaban J connectivity index is 1.27. The lowest BCUT2D eigenvalue weighted by Gasteiger charge is -2.36. The molecule has 0 aromatic heterocycles. The van der Waals surface area contributed by atoms with E-state index in [1.165, 1.54) is 0 Å². The zero-order valence-corrected chi connectivity index (χ0v) is 28.8. The van der Waals surface area contributed by atoms with Crippen molar-refractivity contribution in [1.82, 2.24) is 9.80 Å². The van der Waals surface area contributed by atoms with Gasteiger partial charge in [-0.15, -0.1) is 0 Å². The van der Waals surface area contributed by atoms with Crippen LogP contribution in [0, 0.1) is 11.8 Å². The number of hydrogen-bond donors (Lipinski definition) is 2. The number of anilines is 4. The van der Waals surface area contributed by atoms with E-state index in [1.807, 2.05) is 133 Å². The molecule has 48 heavy (non-hydrogen) atoms. The Bertz CT molecular complexity index is 1460. The molecule has 1 aliphatic carbocycles. The van der Waals surface area contributed by atoms with Crippen LogP contribution < -0.4 is 20.4 Å². The first-order valence-corrected chi connectivity index (χ1v) is 17.0. The molecule has 1 fully saturated rings. The molecule has 0 radical (unpaired) electrons. The van der Waals surface area contributed by atoms with Gasteiger partial charge in [-0.25, -0.2) is 9.59 Å². The fraction of sp³-hybridized carbons (Fsp3) is 0.350. The van der Waals surface area contributed by atoms with Crippen LogP contribution in [0.4, 0.5) is 32.3 Å². The van der Waals surface area contributed by atoms with E-state index in [0.29, 0.717) is 38.0 Å². The van der Waals surface area contributed by atoms with Crippen LogP contribution in [0.15, 0.2) is 109 Å². The monoisotopic (exact) mass is 646 g/mol. The molecule has 5 rings (SSSR count). The third kappa shape index (κ3) is 10.0. The van der Waals surface area contributed by atoms with Crippen LogP contribution >= 0.6 is 0 Å². The first-order chi connectivity index (χ1) is 23.2. The van der Waals surface area contributed by atoms with Crippen molar-refractivity contribution in [2.45, 2.75) is 38.8 Å². The number of urea groups is 2. The minimum atomic E-state index is -0.0936. The molecular weight excluding hydrogens is 596 g/mol. The lowest BCUT2D eigenvalue weighted by atomic mass is 9.80. The molecule has 8 nitrogen and oxygen atoms in total. The van der Waals surface area contributed by atoms with E-state index in [4.69, 9.17) is 0 Å². The summed E-state index contributed by atoms with van der Waals surface area (Å²) in [4.78, 5) is 35.5. The van der Waals surface area contributed by atoms with Crippen molar-refractivity contribution in [2.24, 2.45) is 11.8 Å². The Labute approximate surface area is 286 Å². The topological polar surface area (TPSA) is 71.2 Å². The number of nitrogens with one attached hydrogen (secondary N) is 2. The van der Waals surface area contributed by atoms with Crippen molar-refractivity contribution in [2.75, 3.05) is 61.7 Å². The van der Waals surface area contributed by atoms with Crippen molar-refractivity contribution in [1.29, 1.82) is 0 Å². The first-order valence-electron chi connectivity index (χ1n) is 17.0. The second kappa shape index (κ2) is 16.7. The van der Waals surface area contributed by atoms with Gasteiger partial charge in [-0.1, -0.05) is 67.1 Å². The zero-order chi connectivity index (χ0) is 33.9. The van der Waals surface area contributed by atoms with Crippen LogP contribution in [-0.4, -0.2) is 63.1 Å². The van der Waals surface area contributed by atoms with Gasteiger partial charge < -0.3 is 30.2 Å².